The van der Waals surface area contributed by atoms with Crippen molar-refractivity contribution in [3.63, 3.8) is 0 Å². The Kier molecular flexibility index (Phi) is 13.4. The summed E-state index contributed by atoms with van der Waals surface area (Å²) in [6, 6.07) is 15.5. The summed E-state index contributed by atoms with van der Waals surface area (Å²) < 4.78 is 5.90. The van der Waals surface area contributed by atoms with E-state index < -0.39 is 0 Å². The minimum atomic E-state index is -0.0895. The highest BCUT2D eigenvalue weighted by atomic mass is 32.2. The third-order valence-electron chi connectivity index (χ3n) is 6.56. The molecule has 0 atom stereocenters. The zero-order valence-corrected chi connectivity index (χ0v) is 22.9. The third kappa shape index (κ3) is 11.1. The van der Waals surface area contributed by atoms with Crippen molar-refractivity contribution in [1.82, 2.24) is 4.90 Å². The van der Waals surface area contributed by atoms with Crippen molar-refractivity contribution in [3.8, 4) is 5.75 Å². The molecule has 4 nitrogen and oxygen atoms in total. The third-order valence-corrected chi connectivity index (χ3v) is 7.36. The van der Waals surface area contributed by atoms with Crippen LogP contribution in [0.5, 0.6) is 5.75 Å². The molecule has 0 spiro atoms. The van der Waals surface area contributed by atoms with E-state index in [0.717, 1.165) is 42.4 Å². The summed E-state index contributed by atoms with van der Waals surface area (Å²) in [6.07, 6.45) is 18.2. The Morgan fingerprint density at radius 1 is 0.889 bits per heavy atom. The Balaban J connectivity index is 1.25. The molecule has 2 aromatic rings. The molecule has 0 fully saturated rings. The number of benzene rings is 2. The fourth-order valence-electron chi connectivity index (χ4n) is 4.43. The van der Waals surface area contributed by atoms with Gasteiger partial charge in [-0.25, -0.2) is 0 Å². The maximum atomic E-state index is 12.7. The monoisotopic (exact) mass is 508 g/mol. The van der Waals surface area contributed by atoms with Gasteiger partial charge in [-0.05, 0) is 53.8 Å². The van der Waals surface area contributed by atoms with Gasteiger partial charge in [0.2, 0.25) is 0 Å². The van der Waals surface area contributed by atoms with E-state index in [4.69, 9.17) is 4.74 Å². The molecule has 3 rings (SSSR count). The van der Waals surface area contributed by atoms with Crippen LogP contribution in [0.4, 0.5) is 5.69 Å². The summed E-state index contributed by atoms with van der Waals surface area (Å²) >= 11 is 1.78. The molecular weight excluding hydrogens is 464 g/mol. The molecule has 0 radical (unpaired) electrons. The van der Waals surface area contributed by atoms with E-state index in [1.54, 1.807) is 11.8 Å². The predicted molar refractivity (Wildman–Crippen MR) is 155 cm³/mol. The number of nitrogens with one attached hydrogen (secondary N) is 1. The molecule has 2 aromatic carbocycles. The van der Waals surface area contributed by atoms with Crippen molar-refractivity contribution in [3.05, 3.63) is 71.3 Å². The quantitative estimate of drug-likeness (QED) is 0.204. The maximum Gasteiger partial charge on any atom is 0.255 e. The van der Waals surface area contributed by atoms with Gasteiger partial charge in [0.05, 0.1) is 12.5 Å². The number of amides is 1. The molecule has 1 amide bonds. The van der Waals surface area contributed by atoms with E-state index in [-0.39, 0.29) is 5.91 Å². The van der Waals surface area contributed by atoms with E-state index in [9.17, 15) is 4.79 Å². The molecule has 0 bridgehead atoms. The minimum Gasteiger partial charge on any atom is -0.494 e. The largest absolute Gasteiger partial charge is 0.494 e. The zero-order chi connectivity index (χ0) is 25.3. The fraction of sp³-hybridized carbons (Fsp3) is 0.516. The van der Waals surface area contributed by atoms with Gasteiger partial charge in [0.1, 0.15) is 5.75 Å². The van der Waals surface area contributed by atoms with Crippen molar-refractivity contribution in [2.45, 2.75) is 90.5 Å². The number of anilines is 1. The van der Waals surface area contributed by atoms with Crippen LogP contribution in [0.15, 0.2) is 60.1 Å². The number of carbonyl (C=O) groups excluding carboxylic acids is 1. The number of unbranched alkanes of at least 4 members (excludes halogenated alkanes) is 11. The average molecular weight is 509 g/mol. The van der Waals surface area contributed by atoms with E-state index in [1.807, 2.05) is 42.5 Å². The second-order valence-corrected chi connectivity index (χ2v) is 10.6. The molecule has 0 aromatic heterocycles. The second-order valence-electron chi connectivity index (χ2n) is 9.74. The summed E-state index contributed by atoms with van der Waals surface area (Å²) in [5.41, 5.74) is 2.59. The Bertz CT molecular complexity index is 913. The van der Waals surface area contributed by atoms with Crippen molar-refractivity contribution >= 4 is 23.4 Å². The van der Waals surface area contributed by atoms with Gasteiger partial charge in [-0.3, -0.25) is 4.79 Å². The molecule has 36 heavy (non-hydrogen) atoms. The predicted octanol–water partition coefficient (Wildman–Crippen LogP) is 9.00. The molecule has 1 aliphatic rings. The smallest absolute Gasteiger partial charge is 0.255 e. The molecule has 1 N–H and O–H groups in total. The summed E-state index contributed by atoms with van der Waals surface area (Å²) in [6.45, 7) is 3.84. The molecule has 0 saturated heterocycles. The molecule has 0 unspecified atom stereocenters. The lowest BCUT2D eigenvalue weighted by Gasteiger charge is -2.15. The lowest BCUT2D eigenvalue weighted by Crippen LogP contribution is -2.15. The highest BCUT2D eigenvalue weighted by Crippen LogP contribution is 2.20. The number of ether oxygens (including phenoxy) is 1. The van der Waals surface area contributed by atoms with Gasteiger partial charge < -0.3 is 15.0 Å². The van der Waals surface area contributed by atoms with Gasteiger partial charge in [-0.2, -0.15) is 0 Å². The number of hydrogen-bond acceptors (Lipinski definition) is 4. The van der Waals surface area contributed by atoms with Crippen LogP contribution in [0.2, 0.25) is 0 Å². The van der Waals surface area contributed by atoms with Crippen LogP contribution in [0, 0.1) is 0 Å². The Morgan fingerprint density at radius 3 is 2.19 bits per heavy atom. The van der Waals surface area contributed by atoms with Gasteiger partial charge >= 0.3 is 0 Å². The standard InChI is InChI=1S/C31H44N2O2S/c1-2-3-4-5-6-7-8-9-10-11-12-13-22-35-30-19-17-29(18-20-30)32-31(34)28-16-14-15-27(24-28)25-33-21-23-36-26-33/h14-21,23-24H,2-13,22,25-26H2,1H3,(H,32,34). The van der Waals surface area contributed by atoms with Crippen LogP contribution in [0.1, 0.15) is 99.9 Å². The SMILES string of the molecule is CCCCCCCCCCCCCCOc1ccc(NC(=O)c2cccc(CN3C=CSC3)c2)cc1. The van der Waals surface area contributed by atoms with Crippen molar-refractivity contribution in [2.24, 2.45) is 0 Å². The van der Waals surface area contributed by atoms with E-state index >= 15 is 0 Å². The first-order valence-corrected chi connectivity index (χ1v) is 14.9. The Labute approximate surface area is 222 Å². The molecule has 1 aliphatic heterocycles. The minimum absolute atomic E-state index is 0.0895. The van der Waals surface area contributed by atoms with Crippen LogP contribution < -0.4 is 10.1 Å². The van der Waals surface area contributed by atoms with Crippen molar-refractivity contribution < 1.29 is 9.53 Å². The highest BCUT2D eigenvalue weighted by molar-refractivity contribution is 8.02. The molecule has 5 heteroatoms. The topological polar surface area (TPSA) is 41.6 Å². The molecule has 0 saturated carbocycles. The van der Waals surface area contributed by atoms with Crippen LogP contribution in [0.25, 0.3) is 0 Å². The van der Waals surface area contributed by atoms with Crippen LogP contribution in [-0.4, -0.2) is 23.3 Å². The van der Waals surface area contributed by atoms with Gasteiger partial charge in [0.15, 0.2) is 0 Å². The Hall–Kier alpha value is -2.40. The van der Waals surface area contributed by atoms with Gasteiger partial charge in [-0.15, -0.1) is 11.8 Å². The molecular formula is C31H44N2O2S. The summed E-state index contributed by atoms with van der Waals surface area (Å²) in [5, 5.41) is 5.10. The van der Waals surface area contributed by atoms with Crippen molar-refractivity contribution in [1.29, 1.82) is 0 Å². The zero-order valence-electron chi connectivity index (χ0n) is 22.1. The van der Waals surface area contributed by atoms with Crippen LogP contribution >= 0.6 is 11.8 Å². The number of carbonyl (C=O) groups is 1. The fourth-order valence-corrected chi connectivity index (χ4v) is 5.14. The first-order chi connectivity index (χ1) is 17.7. The second kappa shape index (κ2) is 17.1. The normalized spacial score (nSPS) is 12.8. The van der Waals surface area contributed by atoms with Crippen molar-refractivity contribution in [2.75, 3.05) is 17.8 Å². The molecule has 196 valence electrons. The first-order valence-electron chi connectivity index (χ1n) is 13.9. The molecule has 1 heterocycles. The van der Waals surface area contributed by atoms with Gasteiger partial charge in [-0.1, -0.05) is 89.7 Å². The van der Waals surface area contributed by atoms with E-state index in [0.29, 0.717) is 5.56 Å². The highest BCUT2D eigenvalue weighted by Gasteiger charge is 2.10. The van der Waals surface area contributed by atoms with Crippen LogP contribution in [-0.2, 0) is 6.54 Å². The van der Waals surface area contributed by atoms with E-state index in [2.05, 4.69) is 34.8 Å². The number of nitrogens with zero attached hydrogens (tertiary/aromatic N) is 1. The summed E-state index contributed by atoms with van der Waals surface area (Å²) in [5.74, 6) is 1.73. The maximum absolute atomic E-state index is 12.7. The Morgan fingerprint density at radius 2 is 1.56 bits per heavy atom. The lowest BCUT2D eigenvalue weighted by molar-refractivity contribution is 0.102. The van der Waals surface area contributed by atoms with Gasteiger partial charge in [0, 0.05) is 24.0 Å². The van der Waals surface area contributed by atoms with E-state index in [1.165, 1.54) is 70.6 Å². The number of hydrogen-bond donors (Lipinski definition) is 1. The number of thioether (sulfide) groups is 1. The number of rotatable bonds is 18. The van der Waals surface area contributed by atoms with Gasteiger partial charge in [0.25, 0.3) is 5.91 Å². The summed E-state index contributed by atoms with van der Waals surface area (Å²) in [4.78, 5) is 15.0. The lowest BCUT2D eigenvalue weighted by atomic mass is 10.1. The average Bonchev–Trinajstić information content (AvgIpc) is 3.41. The summed E-state index contributed by atoms with van der Waals surface area (Å²) in [7, 11) is 0. The first kappa shape index (κ1) is 28.2. The molecule has 0 aliphatic carbocycles. The van der Waals surface area contributed by atoms with Crippen LogP contribution in [0.3, 0.4) is 0 Å².